The van der Waals surface area contributed by atoms with E-state index in [9.17, 15) is 5.11 Å². The summed E-state index contributed by atoms with van der Waals surface area (Å²) < 4.78 is 3.18. The van der Waals surface area contributed by atoms with Gasteiger partial charge in [0.2, 0.25) is 0 Å². The summed E-state index contributed by atoms with van der Waals surface area (Å²) in [5, 5.41) is 15.0. The first-order chi connectivity index (χ1) is 27.2. The van der Waals surface area contributed by atoms with Crippen LogP contribution in [0.3, 0.4) is 0 Å². The molecule has 0 aliphatic rings. The Morgan fingerprint density at radius 3 is 2.14 bits per heavy atom. The first kappa shape index (κ1) is 33.8. The van der Waals surface area contributed by atoms with Gasteiger partial charge in [0.25, 0.3) is 0 Å². The zero-order valence-electron chi connectivity index (χ0n) is 31.4. The fourth-order valence-electron chi connectivity index (χ4n) is 7.94. The first-order valence-corrected chi connectivity index (χ1v) is 19.6. The number of hydrogen-bond donors (Lipinski definition) is 1. The smallest absolute Gasteiger partial charge is 0.146 e. The summed E-state index contributed by atoms with van der Waals surface area (Å²) in [6, 6.07) is 45.8. The summed E-state index contributed by atoms with van der Waals surface area (Å²) in [5.74, 6) is 0.901. The maximum Gasteiger partial charge on any atom is 0.146 e. The average molecular weight is 744 g/mol. The van der Waals surface area contributed by atoms with Crippen molar-refractivity contribution in [3.8, 4) is 61.9 Å². The Labute approximate surface area is 328 Å². The SMILES string of the molecule is Cc1ccc(-c2ccnc(-c3cccc(-c4cccc5c4nc(-c4c(O)c6ccccc6c6c4sc4nc(-c7ccccc7)cnc46)n5C(C)(C)C)c3)c2)cc1. The lowest BCUT2D eigenvalue weighted by atomic mass is 9.98. The van der Waals surface area contributed by atoms with Crippen molar-refractivity contribution in [2.24, 2.45) is 0 Å². The topological polar surface area (TPSA) is 76.7 Å². The van der Waals surface area contributed by atoms with Crippen LogP contribution in [-0.4, -0.2) is 29.6 Å². The Morgan fingerprint density at radius 2 is 1.34 bits per heavy atom. The molecule has 10 aromatic rings. The van der Waals surface area contributed by atoms with Crippen molar-refractivity contribution in [2.75, 3.05) is 0 Å². The van der Waals surface area contributed by atoms with Crippen LogP contribution in [0.4, 0.5) is 0 Å². The highest BCUT2D eigenvalue weighted by Gasteiger charge is 2.29. The highest BCUT2D eigenvalue weighted by Crippen LogP contribution is 2.50. The number of pyridine rings is 1. The van der Waals surface area contributed by atoms with Gasteiger partial charge in [-0.1, -0.05) is 115 Å². The number of benzene rings is 6. The number of imidazole rings is 1. The number of phenols is 1. The van der Waals surface area contributed by atoms with E-state index in [0.717, 1.165) is 87.0 Å². The predicted molar refractivity (Wildman–Crippen MR) is 232 cm³/mol. The second kappa shape index (κ2) is 13.0. The minimum atomic E-state index is -0.386. The monoisotopic (exact) mass is 743 g/mol. The lowest BCUT2D eigenvalue weighted by Gasteiger charge is -2.25. The van der Waals surface area contributed by atoms with Gasteiger partial charge in [0.05, 0.1) is 38.9 Å². The standard InChI is InChI=1S/C49H37N5OS/c1-29-20-22-30(23-21-29)32-24-25-50-38(27-32)34-15-10-14-33(26-34)35-18-11-19-40-43(35)53-47(54(40)49(2,3)4)42-45(55)37-17-9-8-16-36(37)41-44-48(56-46(41)42)52-39(28-51-44)31-12-6-5-7-13-31/h5-28,55H,1-4H3. The van der Waals surface area contributed by atoms with Crippen LogP contribution < -0.4 is 0 Å². The molecule has 270 valence electrons. The van der Waals surface area contributed by atoms with E-state index < -0.39 is 0 Å². The molecule has 6 nitrogen and oxygen atoms in total. The van der Waals surface area contributed by atoms with Gasteiger partial charge in [0.15, 0.2) is 0 Å². The Bertz CT molecular complexity index is 3140. The molecule has 0 atom stereocenters. The molecular formula is C49H37N5OS. The molecule has 0 saturated heterocycles. The number of fused-ring (bicyclic) bond motifs is 6. The number of nitrogens with zero attached hydrogens (tertiary/aromatic N) is 5. The number of hydrogen-bond acceptors (Lipinski definition) is 6. The van der Waals surface area contributed by atoms with Gasteiger partial charge >= 0.3 is 0 Å². The van der Waals surface area contributed by atoms with E-state index in [-0.39, 0.29) is 11.3 Å². The maximum atomic E-state index is 12.3. The van der Waals surface area contributed by atoms with Gasteiger partial charge in [-0.3, -0.25) is 9.97 Å². The van der Waals surface area contributed by atoms with Crippen LogP contribution in [0, 0.1) is 6.92 Å². The van der Waals surface area contributed by atoms with Gasteiger partial charge in [-0.05, 0) is 74.0 Å². The van der Waals surface area contributed by atoms with E-state index in [4.69, 9.17) is 19.9 Å². The molecule has 10 rings (SSSR count). The van der Waals surface area contributed by atoms with Crippen molar-refractivity contribution in [1.29, 1.82) is 0 Å². The third kappa shape index (κ3) is 5.54. The number of aryl methyl sites for hydroxylation is 1. The van der Waals surface area contributed by atoms with Crippen LogP contribution in [0.15, 0.2) is 146 Å². The Balaban J connectivity index is 1.19. The summed E-state index contributed by atoms with van der Waals surface area (Å²) >= 11 is 1.56. The molecule has 7 heteroatoms. The third-order valence-electron chi connectivity index (χ3n) is 10.6. The van der Waals surface area contributed by atoms with E-state index in [0.29, 0.717) is 11.4 Å². The van der Waals surface area contributed by atoms with Crippen molar-refractivity contribution in [1.82, 2.24) is 24.5 Å². The second-order valence-electron chi connectivity index (χ2n) is 15.3. The minimum Gasteiger partial charge on any atom is -0.506 e. The van der Waals surface area contributed by atoms with Gasteiger partial charge in [-0.25, -0.2) is 9.97 Å². The molecule has 0 amide bonds. The van der Waals surface area contributed by atoms with Crippen molar-refractivity contribution in [2.45, 2.75) is 33.2 Å². The highest BCUT2D eigenvalue weighted by atomic mass is 32.1. The van der Waals surface area contributed by atoms with Crippen LogP contribution in [-0.2, 0) is 5.54 Å². The van der Waals surface area contributed by atoms with Crippen molar-refractivity contribution < 1.29 is 5.11 Å². The van der Waals surface area contributed by atoms with E-state index in [2.05, 4.69) is 117 Å². The number of rotatable bonds is 5. The van der Waals surface area contributed by atoms with Crippen LogP contribution >= 0.6 is 11.3 Å². The molecule has 4 aromatic heterocycles. The third-order valence-corrected chi connectivity index (χ3v) is 11.7. The van der Waals surface area contributed by atoms with Gasteiger partial charge in [0.1, 0.15) is 21.9 Å². The molecular weight excluding hydrogens is 707 g/mol. The zero-order chi connectivity index (χ0) is 38.1. The van der Waals surface area contributed by atoms with E-state index in [1.165, 1.54) is 5.56 Å². The summed E-state index contributed by atoms with van der Waals surface area (Å²) in [6.45, 7) is 8.67. The molecule has 0 unspecified atom stereocenters. The highest BCUT2D eigenvalue weighted by molar-refractivity contribution is 7.26. The summed E-state index contributed by atoms with van der Waals surface area (Å²) in [4.78, 5) is 21.2. The normalized spacial score (nSPS) is 12.0. The Hall–Kier alpha value is -6.70. The van der Waals surface area contributed by atoms with Crippen molar-refractivity contribution >= 4 is 53.6 Å². The van der Waals surface area contributed by atoms with Gasteiger partial charge in [-0.2, -0.15) is 0 Å². The Morgan fingerprint density at radius 1 is 0.607 bits per heavy atom. The zero-order valence-corrected chi connectivity index (χ0v) is 32.3. The van der Waals surface area contributed by atoms with E-state index in [1.54, 1.807) is 11.3 Å². The molecule has 0 saturated carbocycles. The molecule has 56 heavy (non-hydrogen) atoms. The fraction of sp³-hybridized carbons (Fsp3) is 0.102. The second-order valence-corrected chi connectivity index (χ2v) is 16.3. The quantitative estimate of drug-likeness (QED) is 0.190. The summed E-state index contributed by atoms with van der Waals surface area (Å²) in [5.41, 5.74) is 12.3. The average Bonchev–Trinajstić information content (AvgIpc) is 3.81. The molecule has 0 radical (unpaired) electrons. The predicted octanol–water partition coefficient (Wildman–Crippen LogP) is 12.8. The number of aromatic hydroxyl groups is 1. The van der Waals surface area contributed by atoms with Crippen LogP contribution in [0.5, 0.6) is 5.75 Å². The maximum absolute atomic E-state index is 12.3. The summed E-state index contributed by atoms with van der Waals surface area (Å²) in [6.07, 6.45) is 3.73. The number of para-hydroxylation sites is 1. The molecule has 0 aliphatic carbocycles. The molecule has 0 aliphatic heterocycles. The van der Waals surface area contributed by atoms with E-state index in [1.807, 2.05) is 60.9 Å². The van der Waals surface area contributed by atoms with Crippen molar-refractivity contribution in [3.05, 3.63) is 151 Å². The van der Waals surface area contributed by atoms with Crippen molar-refractivity contribution in [3.63, 3.8) is 0 Å². The lowest BCUT2D eigenvalue weighted by Crippen LogP contribution is -2.22. The van der Waals surface area contributed by atoms with Crippen LogP contribution in [0.2, 0.25) is 0 Å². The molecule has 0 bridgehead atoms. The lowest BCUT2D eigenvalue weighted by molar-refractivity contribution is 0.412. The molecule has 0 fully saturated rings. The summed E-state index contributed by atoms with van der Waals surface area (Å²) in [7, 11) is 0. The number of aromatic nitrogens is 5. The van der Waals surface area contributed by atoms with Gasteiger partial charge in [-0.15, -0.1) is 11.3 Å². The van der Waals surface area contributed by atoms with E-state index >= 15 is 0 Å². The minimum absolute atomic E-state index is 0.201. The first-order valence-electron chi connectivity index (χ1n) is 18.8. The molecule has 6 aromatic carbocycles. The number of phenolic OH excluding ortho intramolecular Hbond substituents is 1. The molecule has 0 spiro atoms. The molecule has 4 heterocycles. The van der Waals surface area contributed by atoms with Crippen LogP contribution in [0.25, 0.3) is 98.4 Å². The van der Waals surface area contributed by atoms with Gasteiger partial charge in [0, 0.05) is 39.2 Å². The largest absolute Gasteiger partial charge is 0.506 e. The Kier molecular flexibility index (Phi) is 7.83. The number of thiophene rings is 1. The fourth-order valence-corrected chi connectivity index (χ4v) is 9.13. The molecule has 1 N–H and O–H groups in total. The van der Waals surface area contributed by atoms with Crippen LogP contribution in [0.1, 0.15) is 26.3 Å². The van der Waals surface area contributed by atoms with Gasteiger partial charge < -0.3 is 9.67 Å².